The van der Waals surface area contributed by atoms with Gasteiger partial charge in [-0.1, -0.05) is 13.8 Å². The van der Waals surface area contributed by atoms with E-state index in [1.807, 2.05) is 13.8 Å². The molecule has 2 N–H and O–H groups in total. The van der Waals surface area contributed by atoms with Gasteiger partial charge >= 0.3 is 5.97 Å². The highest BCUT2D eigenvalue weighted by atomic mass is 32.2. The van der Waals surface area contributed by atoms with Gasteiger partial charge in [0, 0.05) is 26.2 Å². The van der Waals surface area contributed by atoms with Gasteiger partial charge in [0.25, 0.3) is 10.2 Å². The number of aliphatic carboxylic acids is 1. The van der Waals surface area contributed by atoms with Gasteiger partial charge in [0.1, 0.15) is 0 Å². The molecule has 1 atom stereocenters. The van der Waals surface area contributed by atoms with Gasteiger partial charge in [0.15, 0.2) is 0 Å². The number of rotatable bonds is 4. The number of carboxylic acid groups (broad SMARTS) is 1. The lowest BCUT2D eigenvalue weighted by Gasteiger charge is -2.49. The Kier molecular flexibility index (Phi) is 4.12. The quantitative estimate of drug-likeness (QED) is 0.745. The second-order valence-corrected chi connectivity index (χ2v) is 8.00. The topological polar surface area (TPSA) is 98.2 Å². The Labute approximate surface area is 119 Å². The number of β-amino-alcohol motifs (C(OH)–C–C–N with tert-alkyl or cyclic N) is 1. The van der Waals surface area contributed by atoms with E-state index in [1.54, 1.807) is 0 Å². The Morgan fingerprint density at radius 1 is 1.30 bits per heavy atom. The highest BCUT2D eigenvalue weighted by molar-refractivity contribution is 7.86. The van der Waals surface area contributed by atoms with Crippen molar-refractivity contribution >= 4 is 16.2 Å². The minimum Gasteiger partial charge on any atom is -0.481 e. The van der Waals surface area contributed by atoms with Gasteiger partial charge in [-0.3, -0.25) is 4.79 Å². The lowest BCUT2D eigenvalue weighted by molar-refractivity contribution is -0.143. The molecule has 0 aromatic rings. The maximum atomic E-state index is 12.4. The molecule has 20 heavy (non-hydrogen) atoms. The van der Waals surface area contributed by atoms with Gasteiger partial charge in [-0.25, -0.2) is 0 Å². The normalized spacial score (nSPS) is 28.3. The summed E-state index contributed by atoms with van der Waals surface area (Å²) in [6.07, 6.45) is 1.07. The highest BCUT2D eigenvalue weighted by Gasteiger charge is 2.50. The molecular weight excluding hydrogens is 284 g/mol. The minimum absolute atomic E-state index is 0.0120. The first-order chi connectivity index (χ1) is 9.17. The summed E-state index contributed by atoms with van der Waals surface area (Å²) in [5.74, 6) is -1.60. The van der Waals surface area contributed by atoms with Crippen molar-refractivity contribution < 1.29 is 23.4 Å². The van der Waals surface area contributed by atoms with E-state index in [1.165, 1.54) is 8.61 Å². The van der Waals surface area contributed by atoms with Crippen molar-refractivity contribution in [3.63, 3.8) is 0 Å². The first-order valence-corrected chi connectivity index (χ1v) is 8.27. The Bertz CT molecular complexity index is 484. The first-order valence-electron chi connectivity index (χ1n) is 6.87. The van der Waals surface area contributed by atoms with Crippen LogP contribution in [0.25, 0.3) is 0 Å². The molecule has 1 unspecified atom stereocenters. The van der Waals surface area contributed by atoms with Crippen LogP contribution in [0, 0.1) is 11.8 Å². The van der Waals surface area contributed by atoms with E-state index in [4.69, 9.17) is 5.11 Å². The van der Waals surface area contributed by atoms with E-state index in [2.05, 4.69) is 0 Å². The predicted molar refractivity (Wildman–Crippen MR) is 72.2 cm³/mol. The SMILES string of the molecule is CC(C)C1(O)CN(S(=O)(=O)N2CCCC(C(=O)O)C2)C1. The third-order valence-electron chi connectivity index (χ3n) is 4.36. The van der Waals surface area contributed by atoms with Crippen LogP contribution in [0.15, 0.2) is 0 Å². The van der Waals surface area contributed by atoms with Crippen molar-refractivity contribution in [3.8, 4) is 0 Å². The molecule has 0 aliphatic carbocycles. The maximum absolute atomic E-state index is 12.4. The molecular formula is C12H22N2O5S. The molecule has 0 amide bonds. The molecule has 0 bridgehead atoms. The fourth-order valence-corrected chi connectivity index (χ4v) is 4.44. The summed E-state index contributed by atoms with van der Waals surface area (Å²) < 4.78 is 27.3. The Balaban J connectivity index is 2.03. The monoisotopic (exact) mass is 306 g/mol. The van der Waals surface area contributed by atoms with Crippen molar-refractivity contribution in [1.82, 2.24) is 8.61 Å². The molecule has 116 valence electrons. The van der Waals surface area contributed by atoms with Crippen molar-refractivity contribution in [2.24, 2.45) is 11.8 Å². The number of aliphatic hydroxyl groups is 1. The van der Waals surface area contributed by atoms with Crippen molar-refractivity contribution in [3.05, 3.63) is 0 Å². The van der Waals surface area contributed by atoms with Crippen molar-refractivity contribution in [2.45, 2.75) is 32.3 Å². The van der Waals surface area contributed by atoms with Crippen LogP contribution in [0.1, 0.15) is 26.7 Å². The predicted octanol–water partition coefficient (Wildman–Crippen LogP) is -0.269. The van der Waals surface area contributed by atoms with Crippen LogP contribution in [0.3, 0.4) is 0 Å². The number of carbonyl (C=O) groups is 1. The van der Waals surface area contributed by atoms with E-state index in [-0.39, 0.29) is 25.6 Å². The summed E-state index contributed by atoms with van der Waals surface area (Å²) in [5.41, 5.74) is -0.963. The van der Waals surface area contributed by atoms with E-state index in [0.717, 1.165) is 0 Å². The molecule has 7 nitrogen and oxygen atoms in total. The third kappa shape index (κ3) is 2.69. The second-order valence-electron chi connectivity index (χ2n) is 6.07. The van der Waals surface area contributed by atoms with E-state index in [9.17, 15) is 18.3 Å². The minimum atomic E-state index is -3.65. The van der Waals surface area contributed by atoms with Crippen LogP contribution in [-0.2, 0) is 15.0 Å². The highest BCUT2D eigenvalue weighted by Crippen LogP contribution is 2.33. The number of hydrogen-bond donors (Lipinski definition) is 2. The van der Waals surface area contributed by atoms with E-state index < -0.39 is 27.7 Å². The molecule has 0 radical (unpaired) electrons. The average molecular weight is 306 g/mol. The lowest BCUT2D eigenvalue weighted by Crippen LogP contribution is -2.68. The maximum Gasteiger partial charge on any atom is 0.307 e. The largest absolute Gasteiger partial charge is 0.481 e. The molecule has 2 rings (SSSR count). The van der Waals surface area contributed by atoms with Gasteiger partial charge in [-0.2, -0.15) is 17.0 Å². The number of nitrogens with zero attached hydrogens (tertiary/aromatic N) is 2. The van der Waals surface area contributed by atoms with Crippen LogP contribution in [0.5, 0.6) is 0 Å². The molecule has 0 saturated carbocycles. The number of hydrogen-bond acceptors (Lipinski definition) is 4. The third-order valence-corrected chi connectivity index (χ3v) is 6.26. The summed E-state index contributed by atoms with van der Waals surface area (Å²) in [5, 5.41) is 19.2. The fourth-order valence-electron chi connectivity index (χ4n) is 2.61. The van der Waals surface area contributed by atoms with Crippen molar-refractivity contribution in [2.75, 3.05) is 26.2 Å². The van der Waals surface area contributed by atoms with Gasteiger partial charge in [-0.15, -0.1) is 0 Å². The van der Waals surface area contributed by atoms with Crippen LogP contribution in [0.4, 0.5) is 0 Å². The molecule has 2 aliphatic heterocycles. The summed E-state index contributed by atoms with van der Waals surface area (Å²) in [7, 11) is -3.65. The molecule has 0 aromatic heterocycles. The van der Waals surface area contributed by atoms with Crippen LogP contribution in [0.2, 0.25) is 0 Å². The van der Waals surface area contributed by atoms with Crippen LogP contribution >= 0.6 is 0 Å². The molecule has 0 spiro atoms. The Morgan fingerprint density at radius 3 is 2.40 bits per heavy atom. The zero-order valence-corrected chi connectivity index (χ0v) is 12.6. The van der Waals surface area contributed by atoms with Gasteiger partial charge in [-0.05, 0) is 18.8 Å². The zero-order valence-electron chi connectivity index (χ0n) is 11.8. The molecule has 2 aliphatic rings. The summed E-state index contributed by atoms with van der Waals surface area (Å²) in [6.45, 7) is 4.25. The van der Waals surface area contributed by atoms with Gasteiger partial charge < -0.3 is 10.2 Å². The average Bonchev–Trinajstić information content (AvgIpc) is 2.34. The first kappa shape index (κ1) is 15.7. The zero-order chi connectivity index (χ0) is 15.1. The van der Waals surface area contributed by atoms with E-state index >= 15 is 0 Å². The summed E-state index contributed by atoms with van der Waals surface area (Å²) in [6, 6.07) is 0. The Hall–Kier alpha value is -0.700. The van der Waals surface area contributed by atoms with Crippen LogP contribution < -0.4 is 0 Å². The van der Waals surface area contributed by atoms with Gasteiger partial charge in [0.05, 0.1) is 11.5 Å². The number of carboxylic acids is 1. The molecule has 0 aromatic carbocycles. The molecule has 2 saturated heterocycles. The smallest absolute Gasteiger partial charge is 0.307 e. The molecule has 2 fully saturated rings. The summed E-state index contributed by atoms with van der Waals surface area (Å²) in [4.78, 5) is 11.0. The van der Waals surface area contributed by atoms with E-state index in [0.29, 0.717) is 19.4 Å². The second kappa shape index (κ2) is 5.25. The van der Waals surface area contributed by atoms with Crippen molar-refractivity contribution in [1.29, 1.82) is 0 Å². The molecule has 8 heteroatoms. The Morgan fingerprint density at radius 2 is 1.90 bits per heavy atom. The fraction of sp³-hybridized carbons (Fsp3) is 0.917. The van der Waals surface area contributed by atoms with Gasteiger partial charge in [0.2, 0.25) is 0 Å². The summed E-state index contributed by atoms with van der Waals surface area (Å²) >= 11 is 0. The molecule has 2 heterocycles. The van der Waals surface area contributed by atoms with Crippen LogP contribution in [-0.4, -0.2) is 65.0 Å². The lowest BCUT2D eigenvalue weighted by atomic mass is 9.85. The standard InChI is InChI=1S/C12H22N2O5S/c1-9(2)12(17)7-14(8-12)20(18,19)13-5-3-4-10(6-13)11(15)16/h9-10,17H,3-8H2,1-2H3,(H,15,16). The number of piperidine rings is 1.